The summed E-state index contributed by atoms with van der Waals surface area (Å²) >= 11 is 0. The van der Waals surface area contributed by atoms with Gasteiger partial charge in [-0.05, 0) is 37.3 Å². The minimum Gasteiger partial charge on any atom is -0.355 e. The lowest BCUT2D eigenvalue weighted by Gasteiger charge is -2.09. The molecule has 0 aliphatic rings. The smallest absolute Gasteiger partial charge is 0.259 e. The van der Waals surface area contributed by atoms with Crippen molar-refractivity contribution in [3.05, 3.63) is 77.5 Å². The Morgan fingerprint density at radius 3 is 2.38 bits per heavy atom. The molecule has 4 rings (SSSR count). The highest BCUT2D eigenvalue weighted by molar-refractivity contribution is 6.13. The molecule has 2 aromatic heterocycles. The highest BCUT2D eigenvalue weighted by atomic mass is 16.5. The Hall–Kier alpha value is -4.00. The highest BCUT2D eigenvalue weighted by Gasteiger charge is 2.19. The number of hydrogen-bond acceptors (Lipinski definition) is 5. The summed E-state index contributed by atoms with van der Waals surface area (Å²) in [5, 5.41) is 9.96. The Bertz CT molecular complexity index is 1200. The number of aromatic nitrogens is 2. The number of fused-ring (bicyclic) bond motifs is 1. The Morgan fingerprint density at radius 1 is 0.966 bits per heavy atom. The van der Waals surface area contributed by atoms with Crippen molar-refractivity contribution in [2.75, 3.05) is 12.4 Å². The third kappa shape index (κ3) is 3.58. The van der Waals surface area contributed by atoms with Gasteiger partial charge in [-0.15, -0.1) is 0 Å². The molecule has 0 unspecified atom stereocenters. The number of benzene rings is 2. The molecule has 0 saturated carbocycles. The fourth-order valence-electron chi connectivity index (χ4n) is 3.08. The first-order valence-electron chi connectivity index (χ1n) is 9.03. The van der Waals surface area contributed by atoms with Crippen molar-refractivity contribution in [1.29, 1.82) is 0 Å². The van der Waals surface area contributed by atoms with Gasteiger partial charge in [-0.1, -0.05) is 35.5 Å². The van der Waals surface area contributed by atoms with Crippen LogP contribution in [0.4, 0.5) is 5.69 Å². The first kappa shape index (κ1) is 18.4. The number of nitrogens with one attached hydrogen (secondary N) is 2. The van der Waals surface area contributed by atoms with Gasteiger partial charge >= 0.3 is 0 Å². The van der Waals surface area contributed by atoms with Crippen molar-refractivity contribution in [3.8, 4) is 11.3 Å². The topological polar surface area (TPSA) is 97.1 Å². The van der Waals surface area contributed by atoms with E-state index in [4.69, 9.17) is 4.52 Å². The van der Waals surface area contributed by atoms with Gasteiger partial charge in [0.1, 0.15) is 0 Å². The average Bonchev–Trinajstić information content (AvgIpc) is 3.14. The van der Waals surface area contributed by atoms with E-state index >= 15 is 0 Å². The van der Waals surface area contributed by atoms with E-state index in [1.807, 2.05) is 30.3 Å². The molecule has 144 valence electrons. The maximum absolute atomic E-state index is 13.0. The zero-order valence-electron chi connectivity index (χ0n) is 15.9. The van der Waals surface area contributed by atoms with E-state index in [-0.39, 0.29) is 11.8 Å². The zero-order chi connectivity index (χ0) is 20.4. The molecular formula is C22H18N4O3. The van der Waals surface area contributed by atoms with Crippen molar-refractivity contribution in [2.45, 2.75) is 6.92 Å². The first-order chi connectivity index (χ1) is 14.1. The maximum Gasteiger partial charge on any atom is 0.259 e. The molecule has 0 atom stereocenters. The molecule has 2 aromatic carbocycles. The third-order valence-corrected chi connectivity index (χ3v) is 4.56. The molecule has 7 nitrogen and oxygen atoms in total. The average molecular weight is 386 g/mol. The molecule has 0 bridgehead atoms. The Balaban J connectivity index is 1.71. The van der Waals surface area contributed by atoms with E-state index in [9.17, 15) is 9.59 Å². The summed E-state index contributed by atoms with van der Waals surface area (Å²) in [6.07, 6.45) is 0. The molecule has 0 radical (unpaired) electrons. The summed E-state index contributed by atoms with van der Waals surface area (Å²) in [5.74, 6) is -0.500. The minimum absolute atomic E-state index is 0.189. The molecule has 0 saturated heterocycles. The second-order valence-corrected chi connectivity index (χ2v) is 6.48. The van der Waals surface area contributed by atoms with Crippen molar-refractivity contribution in [3.63, 3.8) is 0 Å². The standard InChI is InChI=1S/C22H18N4O3/c1-13-19-17(21(28)24-16-10-8-15(9-11-16)20(27)23-2)12-18(25-22(19)29-26-13)14-6-4-3-5-7-14/h3-12H,1-2H3,(H,23,27)(H,24,28). The SMILES string of the molecule is CNC(=O)c1ccc(NC(=O)c2cc(-c3ccccc3)nc3onc(C)c23)cc1. The number of amides is 2. The lowest BCUT2D eigenvalue weighted by molar-refractivity contribution is 0.0962. The predicted molar refractivity (Wildman–Crippen MR) is 110 cm³/mol. The monoisotopic (exact) mass is 386 g/mol. The van der Waals surface area contributed by atoms with Crippen molar-refractivity contribution >= 4 is 28.6 Å². The molecule has 0 aliphatic heterocycles. The van der Waals surface area contributed by atoms with Gasteiger partial charge in [0.05, 0.1) is 22.3 Å². The van der Waals surface area contributed by atoms with Gasteiger partial charge < -0.3 is 15.2 Å². The van der Waals surface area contributed by atoms with Crippen LogP contribution in [0.2, 0.25) is 0 Å². The summed E-state index contributed by atoms with van der Waals surface area (Å²) < 4.78 is 5.32. The fraction of sp³-hybridized carbons (Fsp3) is 0.0909. The zero-order valence-corrected chi connectivity index (χ0v) is 15.9. The quantitative estimate of drug-likeness (QED) is 0.556. The van der Waals surface area contributed by atoms with Crippen molar-refractivity contribution < 1.29 is 14.1 Å². The van der Waals surface area contributed by atoms with Gasteiger partial charge in [0.25, 0.3) is 17.5 Å². The lowest BCUT2D eigenvalue weighted by Crippen LogP contribution is -2.18. The van der Waals surface area contributed by atoms with Crippen LogP contribution in [0.3, 0.4) is 0 Å². The number of carbonyl (C=O) groups is 2. The van der Waals surface area contributed by atoms with Gasteiger partial charge in [0.15, 0.2) is 0 Å². The van der Waals surface area contributed by atoms with Crippen LogP contribution >= 0.6 is 0 Å². The molecule has 2 heterocycles. The van der Waals surface area contributed by atoms with Crippen LogP contribution in [0.25, 0.3) is 22.4 Å². The largest absolute Gasteiger partial charge is 0.355 e. The van der Waals surface area contributed by atoms with Crippen LogP contribution in [-0.2, 0) is 0 Å². The molecular weight excluding hydrogens is 368 g/mol. The van der Waals surface area contributed by atoms with E-state index < -0.39 is 0 Å². The second-order valence-electron chi connectivity index (χ2n) is 6.48. The molecule has 2 N–H and O–H groups in total. The van der Waals surface area contributed by atoms with E-state index in [1.54, 1.807) is 44.3 Å². The molecule has 0 spiro atoms. The molecule has 4 aromatic rings. The molecule has 7 heteroatoms. The van der Waals surface area contributed by atoms with E-state index in [1.165, 1.54) is 0 Å². The van der Waals surface area contributed by atoms with E-state index in [0.717, 1.165) is 5.56 Å². The Morgan fingerprint density at radius 2 is 1.69 bits per heavy atom. The summed E-state index contributed by atoms with van der Waals surface area (Å²) in [6.45, 7) is 1.77. The number of carbonyl (C=O) groups excluding carboxylic acids is 2. The van der Waals surface area contributed by atoms with E-state index in [0.29, 0.717) is 39.3 Å². The summed E-state index contributed by atoms with van der Waals surface area (Å²) in [7, 11) is 1.57. The van der Waals surface area contributed by atoms with Gasteiger partial charge in [0, 0.05) is 23.9 Å². The number of aryl methyl sites for hydroxylation is 1. The second kappa shape index (κ2) is 7.55. The predicted octanol–water partition coefficient (Wildman–Crippen LogP) is 3.81. The fourth-order valence-corrected chi connectivity index (χ4v) is 3.08. The van der Waals surface area contributed by atoms with Crippen LogP contribution in [0.15, 0.2) is 65.2 Å². The Kier molecular flexibility index (Phi) is 4.78. The van der Waals surface area contributed by atoms with Crippen LogP contribution in [0, 0.1) is 6.92 Å². The van der Waals surface area contributed by atoms with Crippen LogP contribution in [0.1, 0.15) is 26.4 Å². The Labute approximate surface area is 166 Å². The maximum atomic E-state index is 13.0. The summed E-state index contributed by atoms with van der Waals surface area (Å²) in [6, 6.07) is 17.9. The van der Waals surface area contributed by atoms with Gasteiger partial charge in [-0.2, -0.15) is 0 Å². The van der Waals surface area contributed by atoms with Crippen molar-refractivity contribution in [1.82, 2.24) is 15.5 Å². The number of anilines is 1. The molecule has 29 heavy (non-hydrogen) atoms. The highest BCUT2D eigenvalue weighted by Crippen LogP contribution is 2.27. The number of pyridine rings is 1. The first-order valence-corrected chi connectivity index (χ1v) is 9.03. The summed E-state index contributed by atoms with van der Waals surface area (Å²) in [5.41, 5.74) is 3.89. The lowest BCUT2D eigenvalue weighted by atomic mass is 10.0. The van der Waals surface area contributed by atoms with Crippen LogP contribution in [-0.4, -0.2) is 29.0 Å². The van der Waals surface area contributed by atoms with Crippen LogP contribution in [0.5, 0.6) is 0 Å². The minimum atomic E-state index is -0.312. The van der Waals surface area contributed by atoms with Gasteiger partial charge in [-0.25, -0.2) is 4.98 Å². The molecule has 0 fully saturated rings. The number of rotatable bonds is 4. The third-order valence-electron chi connectivity index (χ3n) is 4.56. The van der Waals surface area contributed by atoms with E-state index in [2.05, 4.69) is 20.8 Å². The number of nitrogens with zero attached hydrogens (tertiary/aromatic N) is 2. The van der Waals surface area contributed by atoms with Crippen molar-refractivity contribution in [2.24, 2.45) is 0 Å². The van der Waals surface area contributed by atoms with Gasteiger partial charge in [-0.3, -0.25) is 9.59 Å². The molecule has 2 amide bonds. The van der Waals surface area contributed by atoms with Crippen LogP contribution < -0.4 is 10.6 Å². The summed E-state index contributed by atoms with van der Waals surface area (Å²) in [4.78, 5) is 29.2. The number of hydrogen-bond donors (Lipinski definition) is 2. The normalized spacial score (nSPS) is 10.7. The van der Waals surface area contributed by atoms with Gasteiger partial charge in [0.2, 0.25) is 0 Å². The molecule has 0 aliphatic carbocycles.